The Kier molecular flexibility index (Phi) is 19.3. The molecule has 1 saturated carbocycles. The van der Waals surface area contributed by atoms with Crippen LogP contribution in [0.3, 0.4) is 0 Å². The van der Waals surface area contributed by atoms with Crippen molar-refractivity contribution in [2.45, 2.75) is 94.0 Å². The summed E-state index contributed by atoms with van der Waals surface area (Å²) in [6, 6.07) is 15.5. The van der Waals surface area contributed by atoms with Gasteiger partial charge in [-0.05, 0) is 136 Å². The van der Waals surface area contributed by atoms with E-state index in [1.54, 1.807) is 24.3 Å². The predicted molar refractivity (Wildman–Crippen MR) is 285 cm³/mol. The fraction of sp³-hybridized carbons (Fsp3) is 0.462. The molecule has 4 aromatic rings. The lowest BCUT2D eigenvalue weighted by atomic mass is 10.1. The van der Waals surface area contributed by atoms with E-state index in [0.29, 0.717) is 101 Å². The number of anilines is 4. The Bertz CT molecular complexity index is 2840. The van der Waals surface area contributed by atoms with Crippen LogP contribution in [0.25, 0.3) is 0 Å². The SMILES string of the molecule is NC1(COc2ccc3c(c2Cl)CC(NCCCC2CN(c4ccc5c(n4)NC(=O)CO5)C(=O)O2)C3)CC1.NCCOc1ccc2c(c1Cl)CC(NCCCC1CN(c3ccc4c(n3)NC(=O)CO4)C(=O)O1)C2.O=CO.O=CO. The Hall–Kier alpha value is -7.22. The van der Waals surface area contributed by atoms with Gasteiger partial charge in [0, 0.05) is 18.6 Å². The highest BCUT2D eigenvalue weighted by Gasteiger charge is 2.40. The molecule has 4 aliphatic heterocycles. The Balaban J connectivity index is 0.000000187. The summed E-state index contributed by atoms with van der Waals surface area (Å²) in [6.07, 6.45) is 7.43. The maximum atomic E-state index is 12.4. The van der Waals surface area contributed by atoms with Gasteiger partial charge in [-0.25, -0.2) is 19.6 Å². The van der Waals surface area contributed by atoms with E-state index in [9.17, 15) is 19.2 Å². The number of aromatic nitrogens is 2. The van der Waals surface area contributed by atoms with E-state index >= 15 is 0 Å². The zero-order valence-electron chi connectivity index (χ0n) is 42.5. The van der Waals surface area contributed by atoms with Crippen LogP contribution in [-0.4, -0.2) is 146 Å². The largest absolute Gasteiger partial charge is 0.491 e. The zero-order valence-corrected chi connectivity index (χ0v) is 44.0. The van der Waals surface area contributed by atoms with Crippen molar-refractivity contribution in [1.82, 2.24) is 20.6 Å². The van der Waals surface area contributed by atoms with Gasteiger partial charge in [0.15, 0.2) is 36.3 Å². The number of benzene rings is 2. The molecule has 4 atom stereocenters. The average molecular weight is 1120 g/mol. The van der Waals surface area contributed by atoms with Crippen LogP contribution in [0.5, 0.6) is 23.0 Å². The first kappa shape index (κ1) is 57.0. The number of pyridine rings is 2. The molecule has 2 saturated heterocycles. The number of ether oxygens (including phenoxy) is 6. The molecule has 7 aliphatic rings. The molecule has 6 heterocycles. The number of nitrogens with zero attached hydrogens (tertiary/aromatic N) is 4. The number of rotatable bonds is 18. The first-order chi connectivity index (χ1) is 37.7. The Morgan fingerprint density at radius 2 is 1.14 bits per heavy atom. The fourth-order valence-electron chi connectivity index (χ4n) is 9.68. The van der Waals surface area contributed by atoms with Crippen molar-refractivity contribution in [3.05, 3.63) is 80.8 Å². The number of halogens is 2. The van der Waals surface area contributed by atoms with Crippen LogP contribution >= 0.6 is 23.2 Å². The summed E-state index contributed by atoms with van der Waals surface area (Å²) >= 11 is 13.2. The molecular weight excluding hydrogens is 1060 g/mol. The number of amides is 4. The lowest BCUT2D eigenvalue weighted by Crippen LogP contribution is -2.31. The summed E-state index contributed by atoms with van der Waals surface area (Å²) < 4.78 is 33.3. The molecule has 4 unspecified atom stereocenters. The molecule has 3 fully saturated rings. The third-order valence-corrected chi connectivity index (χ3v) is 14.5. The topological polar surface area (TPSA) is 331 Å². The Labute approximate surface area is 458 Å². The van der Waals surface area contributed by atoms with E-state index < -0.39 is 12.2 Å². The van der Waals surface area contributed by atoms with Crippen molar-refractivity contribution in [2.75, 3.05) is 79.6 Å². The summed E-state index contributed by atoms with van der Waals surface area (Å²) in [7, 11) is 0. The molecule has 78 heavy (non-hydrogen) atoms. The normalized spacial score (nSPS) is 20.6. The smallest absolute Gasteiger partial charge is 0.415 e. The third kappa shape index (κ3) is 14.5. The van der Waals surface area contributed by atoms with E-state index in [0.717, 1.165) is 88.4 Å². The van der Waals surface area contributed by atoms with E-state index in [1.807, 2.05) is 12.1 Å². The number of fused-ring (bicyclic) bond motifs is 4. The molecule has 418 valence electrons. The maximum absolute atomic E-state index is 12.4. The number of nitrogens with two attached hydrogens (primary N) is 2. The van der Waals surface area contributed by atoms with E-state index in [4.69, 9.17) is 82.9 Å². The van der Waals surface area contributed by atoms with Crippen molar-refractivity contribution >= 4 is 83.4 Å². The molecule has 4 amide bonds. The molecule has 3 aliphatic carbocycles. The summed E-state index contributed by atoms with van der Waals surface area (Å²) in [6.45, 7) is 3.25. The monoisotopic (exact) mass is 1120 g/mol. The highest BCUT2D eigenvalue weighted by Crippen LogP contribution is 2.40. The van der Waals surface area contributed by atoms with Crippen molar-refractivity contribution in [2.24, 2.45) is 11.5 Å². The van der Waals surface area contributed by atoms with E-state index in [2.05, 4.69) is 43.4 Å². The van der Waals surface area contributed by atoms with Crippen molar-refractivity contribution < 1.29 is 67.4 Å². The predicted octanol–water partition coefficient (Wildman–Crippen LogP) is 4.47. The minimum Gasteiger partial charge on any atom is -0.491 e. The number of carboxylic acid groups (broad SMARTS) is 2. The third-order valence-electron chi connectivity index (χ3n) is 13.7. The van der Waals surface area contributed by atoms with Crippen LogP contribution in [0.2, 0.25) is 10.0 Å². The lowest BCUT2D eigenvalue weighted by molar-refractivity contribution is -0.123. The number of carbonyl (C=O) groups is 6. The summed E-state index contributed by atoms with van der Waals surface area (Å²) in [4.78, 5) is 76.4. The van der Waals surface area contributed by atoms with Gasteiger partial charge in [-0.2, -0.15) is 0 Å². The summed E-state index contributed by atoms with van der Waals surface area (Å²) in [5.41, 5.74) is 16.3. The molecule has 0 bridgehead atoms. The first-order valence-corrected chi connectivity index (χ1v) is 26.3. The van der Waals surface area contributed by atoms with Gasteiger partial charge < -0.3 is 71.4 Å². The van der Waals surface area contributed by atoms with Gasteiger partial charge in [0.1, 0.15) is 48.6 Å². The number of carbonyl (C=O) groups excluding carboxylic acids is 4. The second kappa shape index (κ2) is 26.4. The standard InChI is InChI=1S/C26H30ClN5O5.C24H28ClN5O5.2CH2O2/c27-23-18-11-16(10-15(18)3-4-19(23)36-14-26(28)7-8-26)29-9-1-2-17-12-32(25(34)37-17)21-6-5-20-24(30-21)31-22(33)13-35-20;25-22-17-11-15(10-14(17)3-4-18(22)33-9-7-26)27-8-1-2-16-12-30(24(32)35-16)20-6-5-19-23(28-20)29-21(31)13-34-19;2*2-1-3/h3-6,16-17,29H,1-2,7-14,28H2,(H,30,31,33);3-6,15-16,27H,1-2,7-13,26H2,(H,28,29,31);2*1H,(H,2,3). The first-order valence-electron chi connectivity index (χ1n) is 25.5. The zero-order chi connectivity index (χ0) is 55.3. The van der Waals surface area contributed by atoms with Crippen molar-refractivity contribution in [3.8, 4) is 23.0 Å². The van der Waals surface area contributed by atoms with Gasteiger partial charge in [-0.3, -0.25) is 29.0 Å². The van der Waals surface area contributed by atoms with Crippen LogP contribution < -0.4 is 61.5 Å². The summed E-state index contributed by atoms with van der Waals surface area (Å²) in [5.74, 6) is 3.31. The number of nitrogens with one attached hydrogen (secondary N) is 4. The quantitative estimate of drug-likeness (QED) is 0.0503. The van der Waals surface area contributed by atoms with Crippen LogP contribution in [-0.2, 0) is 54.3 Å². The Morgan fingerprint density at radius 1 is 0.692 bits per heavy atom. The molecule has 0 radical (unpaired) electrons. The highest BCUT2D eigenvalue weighted by atomic mass is 35.5. The molecule has 0 spiro atoms. The summed E-state index contributed by atoms with van der Waals surface area (Å²) in [5, 5.41) is 27.7. The molecule has 11 rings (SSSR count). The van der Waals surface area contributed by atoms with Gasteiger partial charge in [0.05, 0.1) is 28.7 Å². The van der Waals surface area contributed by atoms with Crippen molar-refractivity contribution in [3.63, 3.8) is 0 Å². The highest BCUT2D eigenvalue weighted by molar-refractivity contribution is 6.33. The van der Waals surface area contributed by atoms with Crippen LogP contribution in [0.15, 0.2) is 48.5 Å². The number of hydrogen-bond donors (Lipinski definition) is 8. The molecule has 24 nitrogen and oxygen atoms in total. The average Bonchev–Trinajstić information content (AvgIpc) is 3.90. The van der Waals surface area contributed by atoms with Crippen LogP contribution in [0.4, 0.5) is 32.9 Å². The molecular formula is C52H62Cl2N10O14. The van der Waals surface area contributed by atoms with Gasteiger partial charge in [-0.15, -0.1) is 0 Å². The molecule has 2 aromatic carbocycles. The molecule has 10 N–H and O–H groups in total. The van der Waals surface area contributed by atoms with Gasteiger partial charge in [0.25, 0.3) is 24.8 Å². The van der Waals surface area contributed by atoms with E-state index in [-0.39, 0.29) is 55.7 Å². The van der Waals surface area contributed by atoms with Crippen LogP contribution in [0, 0.1) is 0 Å². The van der Waals surface area contributed by atoms with E-state index in [1.165, 1.54) is 20.9 Å². The molecule has 2 aromatic heterocycles. The van der Waals surface area contributed by atoms with Gasteiger partial charge in [-0.1, -0.05) is 35.3 Å². The lowest BCUT2D eigenvalue weighted by Gasteiger charge is -2.19. The number of cyclic esters (lactones) is 2. The van der Waals surface area contributed by atoms with Gasteiger partial charge >= 0.3 is 12.2 Å². The number of hydrogen-bond acceptors (Lipinski definition) is 18. The minimum atomic E-state index is -0.438. The fourth-order valence-corrected chi connectivity index (χ4v) is 10.3. The minimum absolute atomic E-state index is 0.0410. The maximum Gasteiger partial charge on any atom is 0.415 e. The second-order valence-corrected chi connectivity index (χ2v) is 20.1. The second-order valence-electron chi connectivity index (χ2n) is 19.4. The van der Waals surface area contributed by atoms with Crippen molar-refractivity contribution in [1.29, 1.82) is 0 Å². The van der Waals surface area contributed by atoms with Gasteiger partial charge in [0.2, 0.25) is 0 Å². The molecule has 26 heteroatoms. The Morgan fingerprint density at radius 3 is 1.58 bits per heavy atom. The van der Waals surface area contributed by atoms with Crippen LogP contribution in [0.1, 0.15) is 60.8 Å².